The van der Waals surface area contributed by atoms with E-state index in [9.17, 15) is 4.79 Å². The van der Waals surface area contributed by atoms with E-state index in [2.05, 4.69) is 0 Å². The predicted octanol–water partition coefficient (Wildman–Crippen LogP) is 0.624. The summed E-state index contributed by atoms with van der Waals surface area (Å²) in [6.07, 6.45) is 2.78. The molecule has 0 aliphatic carbocycles. The summed E-state index contributed by atoms with van der Waals surface area (Å²) in [4.78, 5) is 12.5. The van der Waals surface area contributed by atoms with Crippen LogP contribution in [0.1, 0.15) is 26.7 Å². The molecule has 0 spiro atoms. The van der Waals surface area contributed by atoms with Crippen LogP contribution in [0.3, 0.4) is 0 Å². The molecule has 0 aromatic rings. The lowest BCUT2D eigenvalue weighted by atomic mass is 9.88. The third-order valence-corrected chi connectivity index (χ3v) is 2.75. The molecule has 2 unspecified atom stereocenters. The number of hydrogen-bond donors (Lipinski definition) is 1. The van der Waals surface area contributed by atoms with Crippen molar-refractivity contribution < 1.29 is 9.90 Å². The van der Waals surface area contributed by atoms with Crippen LogP contribution in [0.25, 0.3) is 0 Å². The molecule has 3 nitrogen and oxygen atoms in total. The lowest BCUT2D eigenvalue weighted by Crippen LogP contribution is -2.46. The Morgan fingerprint density at radius 1 is 1.42 bits per heavy atom. The Hall–Kier alpha value is -0.570. The largest absolute Gasteiger partial charge is 0.396 e. The summed E-state index contributed by atoms with van der Waals surface area (Å²) < 4.78 is 0. The fourth-order valence-electron chi connectivity index (χ4n) is 2.10. The van der Waals surface area contributed by atoms with Crippen LogP contribution in [-0.4, -0.2) is 35.1 Å². The molecule has 1 aliphatic heterocycles. The maximum Gasteiger partial charge on any atom is 0.210 e. The number of nitrogens with zero attached hydrogens (tertiary/aromatic N) is 1. The SMILES string of the molecule is CC1CC(CO)CC(C)N1C=O. The third-order valence-electron chi connectivity index (χ3n) is 2.75. The van der Waals surface area contributed by atoms with E-state index in [1.807, 2.05) is 18.7 Å². The lowest BCUT2D eigenvalue weighted by Gasteiger charge is -2.39. The van der Waals surface area contributed by atoms with Crippen molar-refractivity contribution in [3.63, 3.8) is 0 Å². The van der Waals surface area contributed by atoms with Crippen LogP contribution in [0.15, 0.2) is 0 Å². The molecular formula is C9H17NO2. The summed E-state index contributed by atoms with van der Waals surface area (Å²) in [5.74, 6) is 0.381. The van der Waals surface area contributed by atoms with E-state index in [0.717, 1.165) is 19.3 Å². The first-order valence-corrected chi connectivity index (χ1v) is 4.52. The van der Waals surface area contributed by atoms with Gasteiger partial charge in [0.15, 0.2) is 0 Å². The minimum atomic E-state index is 0.251. The van der Waals surface area contributed by atoms with E-state index in [1.54, 1.807) is 0 Å². The summed E-state index contributed by atoms with van der Waals surface area (Å²) in [6.45, 7) is 4.32. The number of amides is 1. The van der Waals surface area contributed by atoms with E-state index in [0.29, 0.717) is 5.92 Å². The Bertz CT molecular complexity index is 149. The Balaban J connectivity index is 2.56. The highest BCUT2D eigenvalue weighted by molar-refractivity contribution is 5.48. The molecule has 1 heterocycles. The molecule has 0 saturated carbocycles. The van der Waals surface area contributed by atoms with Crippen LogP contribution in [0.2, 0.25) is 0 Å². The highest BCUT2D eigenvalue weighted by Crippen LogP contribution is 2.25. The Kier molecular flexibility index (Phi) is 3.09. The third kappa shape index (κ3) is 1.78. The normalized spacial score (nSPS) is 36.6. The first-order valence-electron chi connectivity index (χ1n) is 4.52. The first kappa shape index (κ1) is 9.52. The van der Waals surface area contributed by atoms with Crippen molar-refractivity contribution in [3.8, 4) is 0 Å². The summed E-state index contributed by atoms with van der Waals surface area (Å²) in [5, 5.41) is 8.98. The highest BCUT2D eigenvalue weighted by atomic mass is 16.3. The number of rotatable bonds is 2. The predicted molar refractivity (Wildman–Crippen MR) is 46.6 cm³/mol. The van der Waals surface area contributed by atoms with Crippen molar-refractivity contribution >= 4 is 6.41 Å². The molecule has 70 valence electrons. The van der Waals surface area contributed by atoms with Gasteiger partial charge in [0.05, 0.1) is 0 Å². The molecule has 0 radical (unpaired) electrons. The second-order valence-corrected chi connectivity index (χ2v) is 3.77. The average Bonchev–Trinajstić information content (AvgIpc) is 2.03. The average molecular weight is 171 g/mol. The van der Waals surface area contributed by atoms with E-state index in [4.69, 9.17) is 5.11 Å². The van der Waals surface area contributed by atoms with Gasteiger partial charge in [0.1, 0.15) is 0 Å². The standard InChI is InChI=1S/C9H17NO2/c1-7-3-9(5-11)4-8(2)10(7)6-12/h6-9,11H,3-5H2,1-2H3. The van der Waals surface area contributed by atoms with Crippen molar-refractivity contribution in [2.45, 2.75) is 38.8 Å². The van der Waals surface area contributed by atoms with Crippen LogP contribution in [0.5, 0.6) is 0 Å². The van der Waals surface area contributed by atoms with Crippen molar-refractivity contribution in [1.29, 1.82) is 0 Å². The van der Waals surface area contributed by atoms with Gasteiger partial charge in [-0.1, -0.05) is 0 Å². The van der Waals surface area contributed by atoms with Crippen molar-refractivity contribution in [3.05, 3.63) is 0 Å². The number of hydrogen-bond acceptors (Lipinski definition) is 2. The van der Waals surface area contributed by atoms with Crippen molar-refractivity contribution in [2.24, 2.45) is 5.92 Å². The quantitative estimate of drug-likeness (QED) is 0.619. The fourth-order valence-corrected chi connectivity index (χ4v) is 2.10. The molecule has 0 aromatic heterocycles. The zero-order valence-corrected chi connectivity index (χ0v) is 7.73. The molecule has 1 aliphatic rings. The Morgan fingerprint density at radius 3 is 2.25 bits per heavy atom. The number of aliphatic hydroxyl groups excluding tert-OH is 1. The molecule has 2 atom stereocenters. The highest BCUT2D eigenvalue weighted by Gasteiger charge is 2.28. The smallest absolute Gasteiger partial charge is 0.210 e. The summed E-state index contributed by atoms with van der Waals surface area (Å²) in [5.41, 5.74) is 0. The second-order valence-electron chi connectivity index (χ2n) is 3.77. The Labute approximate surface area is 73.4 Å². The molecule has 3 heteroatoms. The molecule has 1 fully saturated rings. The van der Waals surface area contributed by atoms with Gasteiger partial charge in [-0.3, -0.25) is 4.79 Å². The van der Waals surface area contributed by atoms with Crippen LogP contribution in [-0.2, 0) is 4.79 Å². The summed E-state index contributed by atoms with van der Waals surface area (Å²) in [6, 6.07) is 0.562. The molecule has 1 amide bonds. The maximum absolute atomic E-state index is 10.6. The van der Waals surface area contributed by atoms with E-state index < -0.39 is 0 Å². The van der Waals surface area contributed by atoms with Crippen LogP contribution in [0, 0.1) is 5.92 Å². The first-order chi connectivity index (χ1) is 5.69. The topological polar surface area (TPSA) is 40.5 Å². The molecule has 0 aromatic carbocycles. The number of piperidine rings is 1. The summed E-state index contributed by atoms with van der Waals surface area (Å²) in [7, 11) is 0. The number of aliphatic hydroxyl groups is 1. The van der Waals surface area contributed by atoms with E-state index in [-0.39, 0.29) is 18.7 Å². The van der Waals surface area contributed by atoms with Gasteiger partial charge in [-0.05, 0) is 32.6 Å². The zero-order valence-electron chi connectivity index (χ0n) is 7.73. The van der Waals surface area contributed by atoms with Gasteiger partial charge >= 0.3 is 0 Å². The molecule has 1 rings (SSSR count). The summed E-state index contributed by atoms with van der Waals surface area (Å²) >= 11 is 0. The van der Waals surface area contributed by atoms with E-state index >= 15 is 0 Å². The minimum Gasteiger partial charge on any atom is -0.396 e. The minimum absolute atomic E-state index is 0.251. The molecular weight excluding hydrogens is 154 g/mol. The second kappa shape index (κ2) is 3.90. The molecule has 0 bridgehead atoms. The monoisotopic (exact) mass is 171 g/mol. The number of carbonyl (C=O) groups excluding carboxylic acids is 1. The van der Waals surface area contributed by atoms with Gasteiger partial charge < -0.3 is 10.0 Å². The van der Waals surface area contributed by atoms with Gasteiger partial charge in [0, 0.05) is 18.7 Å². The molecule has 12 heavy (non-hydrogen) atoms. The van der Waals surface area contributed by atoms with Crippen LogP contribution >= 0.6 is 0 Å². The maximum atomic E-state index is 10.6. The number of carbonyl (C=O) groups is 1. The Morgan fingerprint density at radius 2 is 1.92 bits per heavy atom. The van der Waals surface area contributed by atoms with Gasteiger partial charge in [-0.15, -0.1) is 0 Å². The van der Waals surface area contributed by atoms with Gasteiger partial charge in [-0.25, -0.2) is 0 Å². The van der Waals surface area contributed by atoms with Crippen molar-refractivity contribution in [1.82, 2.24) is 4.90 Å². The van der Waals surface area contributed by atoms with Crippen molar-refractivity contribution in [2.75, 3.05) is 6.61 Å². The van der Waals surface area contributed by atoms with Gasteiger partial charge in [0.2, 0.25) is 6.41 Å². The van der Waals surface area contributed by atoms with Crippen LogP contribution in [0.4, 0.5) is 0 Å². The number of likely N-dealkylation sites (tertiary alicyclic amines) is 1. The van der Waals surface area contributed by atoms with Gasteiger partial charge in [-0.2, -0.15) is 0 Å². The van der Waals surface area contributed by atoms with E-state index in [1.165, 1.54) is 0 Å². The molecule has 1 saturated heterocycles. The fraction of sp³-hybridized carbons (Fsp3) is 0.889. The molecule has 1 N–H and O–H groups in total. The lowest BCUT2D eigenvalue weighted by molar-refractivity contribution is -0.124. The zero-order chi connectivity index (χ0) is 9.14. The van der Waals surface area contributed by atoms with Gasteiger partial charge in [0.25, 0.3) is 0 Å². The van der Waals surface area contributed by atoms with Crippen LogP contribution < -0.4 is 0 Å².